The van der Waals surface area contributed by atoms with E-state index in [9.17, 15) is 4.79 Å². The second-order valence-corrected chi connectivity index (χ2v) is 3.08. The Morgan fingerprint density at radius 3 is 2.85 bits per heavy atom. The average molecular weight is 183 g/mol. The Balaban J connectivity index is 2.95. The van der Waals surface area contributed by atoms with Gasteiger partial charge in [-0.05, 0) is 14.1 Å². The van der Waals surface area contributed by atoms with Crippen molar-refractivity contribution in [1.29, 1.82) is 0 Å². The van der Waals surface area contributed by atoms with Gasteiger partial charge in [0, 0.05) is 6.07 Å². The summed E-state index contributed by atoms with van der Waals surface area (Å²) in [5.74, 6) is 0.571. The number of H-pyrrole nitrogens is 1. The molecule has 0 saturated heterocycles. The summed E-state index contributed by atoms with van der Waals surface area (Å²) in [6.45, 7) is 0.355. The molecule has 0 fully saturated rings. The number of hydrogen-bond donors (Lipinski definition) is 2. The van der Waals surface area contributed by atoms with Gasteiger partial charge in [0.1, 0.15) is 5.82 Å². The standard InChI is InChI=1S/C8H13N3O2/c1-11(2)4-7-9-6(5-12)3-8(13)10-7/h3,12H,4-5H2,1-2H3,(H,9,10,13). The number of nitrogens with one attached hydrogen (secondary N) is 1. The first-order valence-electron chi connectivity index (χ1n) is 3.96. The van der Waals surface area contributed by atoms with Crippen molar-refractivity contribution < 1.29 is 5.11 Å². The first-order chi connectivity index (χ1) is 6.11. The van der Waals surface area contributed by atoms with Gasteiger partial charge in [-0.3, -0.25) is 4.79 Å². The molecule has 0 amide bonds. The number of aliphatic hydroxyl groups is 1. The van der Waals surface area contributed by atoms with E-state index in [4.69, 9.17) is 5.11 Å². The first kappa shape index (κ1) is 9.88. The highest BCUT2D eigenvalue weighted by Crippen LogP contribution is 1.94. The molecule has 1 rings (SSSR count). The van der Waals surface area contributed by atoms with Gasteiger partial charge in [-0.15, -0.1) is 0 Å². The molecule has 0 aliphatic carbocycles. The first-order valence-corrected chi connectivity index (χ1v) is 3.96. The molecule has 0 atom stereocenters. The molecule has 1 heterocycles. The summed E-state index contributed by atoms with van der Waals surface area (Å²) < 4.78 is 0. The van der Waals surface area contributed by atoms with Crippen molar-refractivity contribution in [1.82, 2.24) is 14.9 Å². The molecule has 1 aromatic rings. The third-order valence-corrected chi connectivity index (χ3v) is 1.47. The molecule has 0 aromatic carbocycles. The fraction of sp³-hybridized carbons (Fsp3) is 0.500. The zero-order valence-electron chi connectivity index (χ0n) is 7.74. The third kappa shape index (κ3) is 2.96. The van der Waals surface area contributed by atoms with Gasteiger partial charge in [-0.2, -0.15) is 0 Å². The van der Waals surface area contributed by atoms with E-state index in [2.05, 4.69) is 9.97 Å². The molecule has 72 valence electrons. The second-order valence-electron chi connectivity index (χ2n) is 3.08. The van der Waals surface area contributed by atoms with E-state index in [1.54, 1.807) is 0 Å². The van der Waals surface area contributed by atoms with Gasteiger partial charge in [-0.25, -0.2) is 4.98 Å². The molecule has 1 aromatic heterocycles. The zero-order valence-corrected chi connectivity index (χ0v) is 7.74. The van der Waals surface area contributed by atoms with Crippen LogP contribution in [-0.4, -0.2) is 34.1 Å². The highest BCUT2D eigenvalue weighted by atomic mass is 16.3. The predicted octanol–water partition coefficient (Wildman–Crippen LogP) is -0.676. The molecule has 0 aliphatic rings. The Morgan fingerprint density at radius 1 is 1.62 bits per heavy atom. The molecule has 0 bridgehead atoms. The van der Waals surface area contributed by atoms with Gasteiger partial charge < -0.3 is 15.0 Å². The third-order valence-electron chi connectivity index (χ3n) is 1.47. The lowest BCUT2D eigenvalue weighted by Gasteiger charge is -2.08. The lowest BCUT2D eigenvalue weighted by molar-refractivity contribution is 0.275. The molecule has 0 saturated carbocycles. The van der Waals surface area contributed by atoms with Crippen molar-refractivity contribution in [3.8, 4) is 0 Å². The van der Waals surface area contributed by atoms with Gasteiger partial charge in [-0.1, -0.05) is 0 Å². The van der Waals surface area contributed by atoms with Crippen LogP contribution in [0.1, 0.15) is 11.5 Å². The number of nitrogens with zero attached hydrogens (tertiary/aromatic N) is 2. The molecule has 0 unspecified atom stereocenters. The zero-order chi connectivity index (χ0) is 9.84. The molecular weight excluding hydrogens is 170 g/mol. The monoisotopic (exact) mass is 183 g/mol. The van der Waals surface area contributed by atoms with E-state index in [0.717, 1.165) is 0 Å². The minimum atomic E-state index is -0.226. The Morgan fingerprint density at radius 2 is 2.31 bits per heavy atom. The predicted molar refractivity (Wildman–Crippen MR) is 48.2 cm³/mol. The van der Waals surface area contributed by atoms with E-state index in [-0.39, 0.29) is 12.2 Å². The number of rotatable bonds is 3. The fourth-order valence-electron chi connectivity index (χ4n) is 1.02. The summed E-state index contributed by atoms with van der Waals surface area (Å²) in [6, 6.07) is 1.29. The normalized spacial score (nSPS) is 10.8. The van der Waals surface area contributed by atoms with Crippen molar-refractivity contribution >= 4 is 0 Å². The van der Waals surface area contributed by atoms with Crippen molar-refractivity contribution in [2.24, 2.45) is 0 Å². The van der Waals surface area contributed by atoms with Crippen LogP contribution >= 0.6 is 0 Å². The minimum Gasteiger partial charge on any atom is -0.390 e. The lowest BCUT2D eigenvalue weighted by Crippen LogP contribution is -2.19. The summed E-state index contributed by atoms with van der Waals surface area (Å²) in [5, 5.41) is 8.79. The SMILES string of the molecule is CN(C)Cc1nc(CO)cc(=O)[nH]1. The van der Waals surface area contributed by atoms with Crippen LogP contribution in [0.5, 0.6) is 0 Å². The average Bonchev–Trinajstić information content (AvgIpc) is 2.01. The summed E-state index contributed by atoms with van der Waals surface area (Å²) in [5.41, 5.74) is 0.177. The van der Waals surface area contributed by atoms with Gasteiger partial charge in [0.05, 0.1) is 18.8 Å². The molecule has 2 N–H and O–H groups in total. The maximum absolute atomic E-state index is 11.0. The highest BCUT2D eigenvalue weighted by Gasteiger charge is 2.00. The Bertz CT molecular complexity index is 332. The van der Waals surface area contributed by atoms with Crippen LogP contribution in [0, 0.1) is 0 Å². The molecule has 0 radical (unpaired) electrons. The fourth-order valence-corrected chi connectivity index (χ4v) is 1.02. The van der Waals surface area contributed by atoms with E-state index in [1.807, 2.05) is 19.0 Å². The van der Waals surface area contributed by atoms with Crippen LogP contribution in [0.15, 0.2) is 10.9 Å². The van der Waals surface area contributed by atoms with Gasteiger partial charge >= 0.3 is 0 Å². The Labute approximate surface area is 76.0 Å². The summed E-state index contributed by atoms with van der Waals surface area (Å²) in [6.07, 6.45) is 0. The van der Waals surface area contributed by atoms with Crippen LogP contribution in [-0.2, 0) is 13.2 Å². The number of aromatic nitrogens is 2. The van der Waals surface area contributed by atoms with Crippen molar-refractivity contribution in [3.05, 3.63) is 27.9 Å². The minimum absolute atomic E-state index is 0.204. The summed E-state index contributed by atoms with van der Waals surface area (Å²) in [7, 11) is 3.76. The molecule has 5 nitrogen and oxygen atoms in total. The van der Waals surface area contributed by atoms with Gasteiger partial charge in [0.25, 0.3) is 5.56 Å². The molecule has 13 heavy (non-hydrogen) atoms. The van der Waals surface area contributed by atoms with Crippen LogP contribution in [0.25, 0.3) is 0 Å². The van der Waals surface area contributed by atoms with Crippen molar-refractivity contribution in [2.45, 2.75) is 13.2 Å². The smallest absolute Gasteiger partial charge is 0.251 e. The van der Waals surface area contributed by atoms with Crippen molar-refractivity contribution in [2.75, 3.05) is 14.1 Å². The van der Waals surface area contributed by atoms with Gasteiger partial charge in [0.15, 0.2) is 0 Å². The summed E-state index contributed by atoms with van der Waals surface area (Å²) in [4.78, 5) is 19.6. The number of aliphatic hydroxyl groups excluding tert-OH is 1. The second kappa shape index (κ2) is 4.15. The molecule has 5 heteroatoms. The van der Waals surface area contributed by atoms with Crippen molar-refractivity contribution in [3.63, 3.8) is 0 Å². The molecule has 0 aliphatic heterocycles. The quantitative estimate of drug-likeness (QED) is 0.651. The lowest BCUT2D eigenvalue weighted by atomic mass is 10.4. The summed E-state index contributed by atoms with van der Waals surface area (Å²) >= 11 is 0. The molecular formula is C8H13N3O2. The van der Waals surface area contributed by atoms with E-state index in [1.165, 1.54) is 6.07 Å². The largest absolute Gasteiger partial charge is 0.390 e. The Hall–Kier alpha value is -1.20. The number of hydrogen-bond acceptors (Lipinski definition) is 4. The van der Waals surface area contributed by atoms with Gasteiger partial charge in [0.2, 0.25) is 0 Å². The maximum atomic E-state index is 11.0. The molecule has 0 spiro atoms. The number of aromatic amines is 1. The van der Waals surface area contributed by atoms with E-state index < -0.39 is 0 Å². The van der Waals surface area contributed by atoms with E-state index >= 15 is 0 Å². The highest BCUT2D eigenvalue weighted by molar-refractivity contribution is 5.01. The van der Waals surface area contributed by atoms with Crippen LogP contribution in [0.2, 0.25) is 0 Å². The Kier molecular flexibility index (Phi) is 3.16. The topological polar surface area (TPSA) is 69.2 Å². The van der Waals surface area contributed by atoms with Crippen LogP contribution in [0.3, 0.4) is 0 Å². The van der Waals surface area contributed by atoms with Crippen LogP contribution < -0.4 is 5.56 Å². The maximum Gasteiger partial charge on any atom is 0.251 e. The van der Waals surface area contributed by atoms with E-state index in [0.29, 0.717) is 18.1 Å². The van der Waals surface area contributed by atoms with Crippen LogP contribution in [0.4, 0.5) is 0 Å².